The Morgan fingerprint density at radius 2 is 2.00 bits per heavy atom. The van der Waals surface area contributed by atoms with E-state index in [0.29, 0.717) is 0 Å². The summed E-state index contributed by atoms with van der Waals surface area (Å²) in [6.45, 7) is 1.10. The highest BCUT2D eigenvalue weighted by molar-refractivity contribution is 5.30. The Morgan fingerprint density at radius 3 is 2.55 bits per heavy atom. The van der Waals surface area contributed by atoms with Crippen LogP contribution in [-0.4, -0.2) is 19.8 Å². The molecule has 0 aliphatic carbocycles. The molecule has 0 bridgehead atoms. The van der Waals surface area contributed by atoms with Gasteiger partial charge in [-0.1, -0.05) is 12.1 Å². The van der Waals surface area contributed by atoms with Gasteiger partial charge in [0, 0.05) is 0 Å². The molecule has 0 spiro atoms. The van der Waals surface area contributed by atoms with Gasteiger partial charge in [-0.25, -0.2) is 0 Å². The average Bonchev–Trinajstić information content (AvgIpc) is 2.86. The van der Waals surface area contributed by atoms with Crippen LogP contribution in [0.15, 0.2) is 36.7 Å². The minimum Gasteiger partial charge on any atom is -0.384 e. The summed E-state index contributed by atoms with van der Waals surface area (Å²) in [6, 6.07) is 4.29. The molecule has 1 aromatic carbocycles. The second-order valence-corrected chi connectivity index (χ2v) is 5.01. The molecular weight excluding hydrogens is 303 g/mol. The predicted octanol–water partition coefficient (Wildman–Crippen LogP) is 2.72. The standard InChI is InChI=1S/C13H12F3N3O3/c1-12(20,8-18-7-11(6-17-18)19(21)22)9-3-2-4-10(5-9)13(14,15)16/h2-7,20H,8H2,1H3. The van der Waals surface area contributed by atoms with Gasteiger partial charge in [-0.2, -0.15) is 18.3 Å². The zero-order valence-electron chi connectivity index (χ0n) is 11.4. The lowest BCUT2D eigenvalue weighted by molar-refractivity contribution is -0.385. The maximum atomic E-state index is 12.7. The van der Waals surface area contributed by atoms with Gasteiger partial charge in [-0.15, -0.1) is 0 Å². The number of halogens is 3. The molecular formula is C13H12F3N3O3. The van der Waals surface area contributed by atoms with Crippen molar-refractivity contribution in [2.24, 2.45) is 0 Å². The number of hydrogen-bond acceptors (Lipinski definition) is 4. The second kappa shape index (κ2) is 5.41. The van der Waals surface area contributed by atoms with E-state index < -0.39 is 22.3 Å². The van der Waals surface area contributed by atoms with E-state index in [-0.39, 0.29) is 17.8 Å². The van der Waals surface area contributed by atoms with Crippen LogP contribution < -0.4 is 0 Å². The molecule has 2 aromatic rings. The van der Waals surface area contributed by atoms with Crippen LogP contribution >= 0.6 is 0 Å². The van der Waals surface area contributed by atoms with Crippen molar-refractivity contribution in [1.82, 2.24) is 9.78 Å². The van der Waals surface area contributed by atoms with Crippen LogP contribution in [-0.2, 0) is 18.3 Å². The van der Waals surface area contributed by atoms with Crippen LogP contribution in [0.4, 0.5) is 18.9 Å². The maximum absolute atomic E-state index is 12.7. The quantitative estimate of drug-likeness (QED) is 0.695. The van der Waals surface area contributed by atoms with Crippen molar-refractivity contribution in [3.8, 4) is 0 Å². The molecule has 0 aliphatic rings. The minimum atomic E-state index is -4.52. The summed E-state index contributed by atoms with van der Waals surface area (Å²) in [4.78, 5) is 9.92. The Balaban J connectivity index is 2.27. The summed E-state index contributed by atoms with van der Waals surface area (Å²) in [5.41, 5.74) is -2.77. The van der Waals surface area contributed by atoms with Crippen LogP contribution in [0, 0.1) is 10.1 Å². The first-order valence-electron chi connectivity index (χ1n) is 6.16. The van der Waals surface area contributed by atoms with Gasteiger partial charge in [-0.05, 0) is 24.6 Å². The van der Waals surface area contributed by atoms with E-state index in [4.69, 9.17) is 0 Å². The molecule has 0 saturated carbocycles. The Morgan fingerprint density at radius 1 is 1.36 bits per heavy atom. The summed E-state index contributed by atoms with van der Waals surface area (Å²) in [5, 5.41) is 24.7. The zero-order chi connectivity index (χ0) is 16.5. The third-order valence-electron chi connectivity index (χ3n) is 3.11. The Labute approximate surface area is 122 Å². The molecule has 0 aliphatic heterocycles. The average molecular weight is 315 g/mol. The van der Waals surface area contributed by atoms with E-state index in [9.17, 15) is 28.4 Å². The first kappa shape index (κ1) is 16.0. The van der Waals surface area contributed by atoms with Gasteiger partial charge in [-0.3, -0.25) is 14.8 Å². The van der Waals surface area contributed by atoms with Crippen molar-refractivity contribution in [2.45, 2.75) is 25.2 Å². The zero-order valence-corrected chi connectivity index (χ0v) is 11.4. The third-order valence-corrected chi connectivity index (χ3v) is 3.11. The molecule has 1 atom stereocenters. The van der Waals surface area contributed by atoms with Gasteiger partial charge < -0.3 is 5.11 Å². The van der Waals surface area contributed by atoms with Crippen molar-refractivity contribution < 1.29 is 23.2 Å². The monoisotopic (exact) mass is 315 g/mol. The van der Waals surface area contributed by atoms with Crippen molar-refractivity contribution in [2.75, 3.05) is 0 Å². The van der Waals surface area contributed by atoms with E-state index >= 15 is 0 Å². The largest absolute Gasteiger partial charge is 0.416 e. The van der Waals surface area contributed by atoms with Gasteiger partial charge in [0.25, 0.3) is 0 Å². The molecule has 118 valence electrons. The number of alkyl halides is 3. The van der Waals surface area contributed by atoms with E-state index in [0.717, 1.165) is 29.2 Å². The van der Waals surface area contributed by atoms with Gasteiger partial charge in [0.15, 0.2) is 0 Å². The van der Waals surface area contributed by atoms with Crippen molar-refractivity contribution >= 4 is 5.69 Å². The normalized spacial score (nSPS) is 14.6. The highest BCUT2D eigenvalue weighted by atomic mass is 19.4. The fourth-order valence-corrected chi connectivity index (χ4v) is 1.97. The summed E-state index contributed by atoms with van der Waals surface area (Å²) < 4.78 is 39.2. The van der Waals surface area contributed by atoms with Crippen LogP contribution in [0.2, 0.25) is 0 Å². The number of rotatable bonds is 4. The number of aliphatic hydroxyl groups is 1. The Kier molecular flexibility index (Phi) is 3.92. The van der Waals surface area contributed by atoms with Crippen molar-refractivity contribution in [1.29, 1.82) is 0 Å². The predicted molar refractivity (Wildman–Crippen MR) is 69.9 cm³/mol. The van der Waals surface area contributed by atoms with Gasteiger partial charge in [0.1, 0.15) is 18.0 Å². The number of hydrogen-bond donors (Lipinski definition) is 1. The first-order valence-corrected chi connectivity index (χ1v) is 6.16. The van der Waals surface area contributed by atoms with E-state index in [1.165, 1.54) is 19.1 Å². The molecule has 0 fully saturated rings. The molecule has 22 heavy (non-hydrogen) atoms. The number of aromatic nitrogens is 2. The van der Waals surface area contributed by atoms with Gasteiger partial charge in [0.2, 0.25) is 0 Å². The minimum absolute atomic E-state index is 0.0421. The molecule has 0 radical (unpaired) electrons. The Bertz CT molecular complexity index is 695. The molecule has 0 amide bonds. The van der Waals surface area contributed by atoms with Crippen LogP contribution in [0.3, 0.4) is 0 Å². The van der Waals surface area contributed by atoms with Crippen LogP contribution in [0.25, 0.3) is 0 Å². The molecule has 0 saturated heterocycles. The first-order chi connectivity index (χ1) is 10.1. The summed E-state index contributed by atoms with van der Waals surface area (Å²) >= 11 is 0. The molecule has 6 nitrogen and oxygen atoms in total. The fraction of sp³-hybridized carbons (Fsp3) is 0.308. The second-order valence-electron chi connectivity index (χ2n) is 5.01. The van der Waals surface area contributed by atoms with E-state index in [1.54, 1.807) is 0 Å². The lowest BCUT2D eigenvalue weighted by Crippen LogP contribution is -2.28. The fourth-order valence-electron chi connectivity index (χ4n) is 1.97. The van der Waals surface area contributed by atoms with Crippen LogP contribution in [0.5, 0.6) is 0 Å². The lowest BCUT2D eigenvalue weighted by atomic mass is 9.94. The molecule has 1 heterocycles. The summed E-state index contributed by atoms with van der Waals surface area (Å²) in [5.74, 6) is 0. The Hall–Kier alpha value is -2.42. The smallest absolute Gasteiger partial charge is 0.384 e. The molecule has 1 N–H and O–H groups in total. The highest BCUT2D eigenvalue weighted by Crippen LogP contribution is 2.32. The van der Waals surface area contributed by atoms with Gasteiger partial charge >= 0.3 is 11.9 Å². The number of benzene rings is 1. The maximum Gasteiger partial charge on any atom is 0.416 e. The highest BCUT2D eigenvalue weighted by Gasteiger charge is 2.33. The molecule has 1 unspecified atom stereocenters. The third kappa shape index (κ3) is 3.42. The van der Waals surface area contributed by atoms with E-state index in [1.807, 2.05) is 0 Å². The van der Waals surface area contributed by atoms with Gasteiger partial charge in [0.05, 0.1) is 17.0 Å². The topological polar surface area (TPSA) is 81.2 Å². The number of nitrogens with zero attached hydrogens (tertiary/aromatic N) is 3. The van der Waals surface area contributed by atoms with Crippen molar-refractivity contribution in [3.63, 3.8) is 0 Å². The molecule has 9 heteroatoms. The summed E-state index contributed by atoms with van der Waals surface area (Å²) in [7, 11) is 0. The van der Waals surface area contributed by atoms with Crippen molar-refractivity contribution in [3.05, 3.63) is 57.9 Å². The molecule has 1 aromatic heterocycles. The SMILES string of the molecule is CC(O)(Cn1cc([N+](=O)[O-])cn1)c1cccc(C(F)(F)F)c1. The number of nitro groups is 1. The summed E-state index contributed by atoms with van der Waals surface area (Å²) in [6.07, 6.45) is -2.42. The lowest BCUT2D eigenvalue weighted by Gasteiger charge is -2.24. The molecule has 2 rings (SSSR count). The van der Waals surface area contributed by atoms with Crippen LogP contribution in [0.1, 0.15) is 18.1 Å². The van der Waals surface area contributed by atoms with E-state index in [2.05, 4.69) is 5.10 Å².